The molecule has 1 heterocycles. The number of aliphatic hydroxyl groups is 1. The first kappa shape index (κ1) is 14.9. The molecule has 20 heavy (non-hydrogen) atoms. The van der Waals surface area contributed by atoms with Crippen LogP contribution in [0.4, 0.5) is 0 Å². The molecular weight excluding hydrogens is 300 g/mol. The van der Waals surface area contributed by atoms with Gasteiger partial charge in [0.15, 0.2) is 9.84 Å². The number of aromatic nitrogens is 1. The highest BCUT2D eigenvalue weighted by Gasteiger charge is 2.23. The van der Waals surface area contributed by atoms with Crippen molar-refractivity contribution in [1.29, 1.82) is 5.26 Å². The largest absolute Gasteiger partial charge is 0.396 e. The molecule has 0 atom stereocenters. The molecule has 106 valence electrons. The molecule has 1 N–H and O–H groups in total. The predicted molar refractivity (Wildman–Crippen MR) is 76.5 cm³/mol. The lowest BCUT2D eigenvalue weighted by atomic mass is 10.2. The summed E-state index contributed by atoms with van der Waals surface area (Å²) in [7, 11) is -3.50. The van der Waals surface area contributed by atoms with Gasteiger partial charge in [0.1, 0.15) is 6.54 Å². The van der Waals surface area contributed by atoms with Crippen molar-refractivity contribution in [3.63, 3.8) is 0 Å². The van der Waals surface area contributed by atoms with Crippen LogP contribution in [0.2, 0.25) is 5.02 Å². The molecule has 0 unspecified atom stereocenters. The van der Waals surface area contributed by atoms with Crippen LogP contribution in [0.15, 0.2) is 23.1 Å². The zero-order valence-corrected chi connectivity index (χ0v) is 12.4. The quantitative estimate of drug-likeness (QED) is 0.932. The van der Waals surface area contributed by atoms with Crippen LogP contribution in [0.5, 0.6) is 0 Å². The summed E-state index contributed by atoms with van der Waals surface area (Å²) < 4.78 is 25.7. The van der Waals surface area contributed by atoms with Crippen LogP contribution in [0.3, 0.4) is 0 Å². The summed E-state index contributed by atoms with van der Waals surface area (Å²) in [6.45, 7) is -0.180. The van der Waals surface area contributed by atoms with E-state index in [1.54, 1.807) is 22.8 Å². The minimum absolute atomic E-state index is 0.0169. The zero-order chi connectivity index (χ0) is 14.9. The Morgan fingerprint density at radius 1 is 1.45 bits per heavy atom. The van der Waals surface area contributed by atoms with Crippen LogP contribution in [-0.2, 0) is 22.8 Å². The molecule has 0 radical (unpaired) electrons. The summed E-state index contributed by atoms with van der Waals surface area (Å²) in [5, 5.41) is 19.0. The highest BCUT2D eigenvalue weighted by Crippen LogP contribution is 2.32. The van der Waals surface area contributed by atoms with E-state index in [-0.39, 0.29) is 24.5 Å². The van der Waals surface area contributed by atoms with E-state index in [1.165, 1.54) is 0 Å². The van der Waals surface area contributed by atoms with Crippen LogP contribution in [0.25, 0.3) is 10.9 Å². The Morgan fingerprint density at radius 3 is 2.70 bits per heavy atom. The number of hydrogen-bond acceptors (Lipinski definition) is 4. The molecule has 1 aromatic carbocycles. The number of aliphatic hydroxyl groups excluding tert-OH is 1. The van der Waals surface area contributed by atoms with Crippen molar-refractivity contribution in [2.24, 2.45) is 0 Å². The Morgan fingerprint density at radius 2 is 2.15 bits per heavy atom. The van der Waals surface area contributed by atoms with E-state index in [0.717, 1.165) is 6.26 Å². The first-order chi connectivity index (χ1) is 9.40. The lowest BCUT2D eigenvalue weighted by Crippen LogP contribution is -2.08. The molecule has 2 aromatic rings. The van der Waals surface area contributed by atoms with Gasteiger partial charge in [-0.2, -0.15) is 5.26 Å². The van der Waals surface area contributed by atoms with E-state index < -0.39 is 9.84 Å². The Kier molecular flexibility index (Phi) is 4.04. The van der Waals surface area contributed by atoms with Gasteiger partial charge >= 0.3 is 0 Å². The molecule has 0 amide bonds. The molecule has 0 aliphatic heterocycles. The standard InChI is InChI=1S/C13H13ClN2O3S/c1-20(18,19)13-10-8-9(14)2-3-11(10)16(6-5-15)12(13)4-7-17/h2-3,8,17H,4,6-7H2,1H3. The minimum Gasteiger partial charge on any atom is -0.396 e. The molecule has 0 aliphatic carbocycles. The van der Waals surface area contributed by atoms with Crippen LogP contribution in [-0.4, -0.2) is 31.0 Å². The van der Waals surface area contributed by atoms with Crippen molar-refractivity contribution >= 4 is 32.3 Å². The van der Waals surface area contributed by atoms with Crippen LogP contribution >= 0.6 is 11.6 Å². The zero-order valence-electron chi connectivity index (χ0n) is 10.8. The van der Waals surface area contributed by atoms with E-state index in [0.29, 0.717) is 21.6 Å². The SMILES string of the molecule is CS(=O)(=O)c1c(CCO)n(CC#N)c2ccc(Cl)cc12. The van der Waals surface area contributed by atoms with Crippen LogP contribution in [0.1, 0.15) is 5.69 Å². The molecule has 0 saturated carbocycles. The summed E-state index contributed by atoms with van der Waals surface area (Å²) in [5.41, 5.74) is 1.06. The first-order valence-corrected chi connectivity index (χ1v) is 8.15. The summed E-state index contributed by atoms with van der Waals surface area (Å²) >= 11 is 5.94. The van der Waals surface area contributed by atoms with Crippen molar-refractivity contribution in [2.75, 3.05) is 12.9 Å². The Labute approximate surface area is 121 Å². The van der Waals surface area contributed by atoms with Crippen LogP contribution in [0, 0.1) is 11.3 Å². The van der Waals surface area contributed by atoms with Gasteiger partial charge in [-0.15, -0.1) is 0 Å². The maximum Gasteiger partial charge on any atom is 0.177 e. The second-order valence-electron chi connectivity index (χ2n) is 4.43. The maximum absolute atomic E-state index is 12.1. The third-order valence-electron chi connectivity index (χ3n) is 3.03. The molecule has 0 fully saturated rings. The van der Waals surface area contributed by atoms with Gasteiger partial charge in [0.25, 0.3) is 0 Å². The molecular formula is C13H13ClN2O3S. The lowest BCUT2D eigenvalue weighted by Gasteiger charge is -2.06. The molecule has 0 aliphatic rings. The van der Waals surface area contributed by atoms with E-state index in [4.69, 9.17) is 22.0 Å². The lowest BCUT2D eigenvalue weighted by molar-refractivity contribution is 0.296. The second-order valence-corrected chi connectivity index (χ2v) is 6.82. The molecule has 2 rings (SSSR count). The van der Waals surface area contributed by atoms with E-state index in [9.17, 15) is 8.42 Å². The minimum atomic E-state index is -3.50. The number of nitrogens with zero attached hydrogens (tertiary/aromatic N) is 2. The normalized spacial score (nSPS) is 11.7. The third-order valence-corrected chi connectivity index (χ3v) is 4.46. The Balaban J connectivity index is 2.96. The van der Waals surface area contributed by atoms with E-state index in [2.05, 4.69) is 0 Å². The van der Waals surface area contributed by atoms with Gasteiger partial charge < -0.3 is 9.67 Å². The fourth-order valence-electron chi connectivity index (χ4n) is 2.37. The van der Waals surface area contributed by atoms with Crippen LogP contribution < -0.4 is 0 Å². The van der Waals surface area contributed by atoms with Gasteiger partial charge in [0.2, 0.25) is 0 Å². The Hall–Kier alpha value is -1.55. The fourth-order valence-corrected chi connectivity index (χ4v) is 3.74. The van der Waals surface area contributed by atoms with Gasteiger partial charge in [-0.25, -0.2) is 8.42 Å². The first-order valence-electron chi connectivity index (χ1n) is 5.88. The average Bonchev–Trinajstić information content (AvgIpc) is 2.63. The van der Waals surface area contributed by atoms with Gasteiger partial charge in [0, 0.05) is 35.4 Å². The van der Waals surface area contributed by atoms with Gasteiger partial charge in [-0.1, -0.05) is 11.6 Å². The summed E-state index contributed by atoms with van der Waals surface area (Å²) in [6, 6.07) is 6.91. The number of rotatable bonds is 4. The molecule has 5 nitrogen and oxygen atoms in total. The summed E-state index contributed by atoms with van der Waals surface area (Å²) in [4.78, 5) is 0.138. The molecule has 7 heteroatoms. The van der Waals surface area contributed by atoms with E-state index >= 15 is 0 Å². The summed E-state index contributed by atoms with van der Waals surface area (Å²) in [6.07, 6.45) is 1.27. The van der Waals surface area contributed by atoms with Gasteiger partial charge in [-0.05, 0) is 18.2 Å². The highest BCUT2D eigenvalue weighted by molar-refractivity contribution is 7.91. The number of nitriles is 1. The van der Waals surface area contributed by atoms with Crippen molar-refractivity contribution < 1.29 is 13.5 Å². The fraction of sp³-hybridized carbons (Fsp3) is 0.308. The third kappa shape index (κ3) is 2.52. The average molecular weight is 313 g/mol. The van der Waals surface area contributed by atoms with Crippen molar-refractivity contribution in [2.45, 2.75) is 17.9 Å². The van der Waals surface area contributed by atoms with Crippen molar-refractivity contribution in [3.05, 3.63) is 28.9 Å². The van der Waals surface area contributed by atoms with Crippen molar-refractivity contribution in [1.82, 2.24) is 4.57 Å². The van der Waals surface area contributed by atoms with Gasteiger partial charge in [-0.3, -0.25) is 0 Å². The second kappa shape index (κ2) is 5.44. The maximum atomic E-state index is 12.1. The molecule has 0 bridgehead atoms. The number of benzene rings is 1. The number of halogens is 1. The highest BCUT2D eigenvalue weighted by atomic mass is 35.5. The van der Waals surface area contributed by atoms with Crippen molar-refractivity contribution in [3.8, 4) is 6.07 Å². The summed E-state index contributed by atoms with van der Waals surface area (Å²) in [5.74, 6) is 0. The number of sulfone groups is 1. The predicted octanol–water partition coefficient (Wildman–Crippen LogP) is 1.76. The topological polar surface area (TPSA) is 83.1 Å². The molecule has 0 saturated heterocycles. The van der Waals surface area contributed by atoms with E-state index in [1.807, 2.05) is 6.07 Å². The number of fused-ring (bicyclic) bond motifs is 1. The number of hydrogen-bond donors (Lipinski definition) is 1. The van der Waals surface area contributed by atoms with Gasteiger partial charge in [0.05, 0.1) is 16.5 Å². The monoisotopic (exact) mass is 312 g/mol. The molecule has 0 spiro atoms. The molecule has 1 aromatic heterocycles. The smallest absolute Gasteiger partial charge is 0.177 e. The Bertz CT molecular complexity index is 803.